The predicted molar refractivity (Wildman–Crippen MR) is 80.7 cm³/mol. The molecule has 0 aliphatic rings. The van der Waals surface area contributed by atoms with Crippen molar-refractivity contribution in [1.82, 2.24) is 0 Å². The molecule has 1 unspecified atom stereocenters. The Kier molecular flexibility index (Phi) is 4.27. The molecule has 0 aliphatic carbocycles. The van der Waals surface area contributed by atoms with Gasteiger partial charge in [0.05, 0.1) is 7.11 Å². The van der Waals surface area contributed by atoms with Crippen LogP contribution in [0, 0.1) is 13.8 Å². The zero-order valence-electron chi connectivity index (χ0n) is 11.3. The number of ether oxygens (including phenoxy) is 1. The molecule has 0 bridgehead atoms. The Morgan fingerprint density at radius 3 is 2.47 bits per heavy atom. The number of rotatable bonds is 3. The van der Waals surface area contributed by atoms with Crippen molar-refractivity contribution in [3.8, 4) is 5.75 Å². The van der Waals surface area contributed by atoms with Crippen LogP contribution in [-0.2, 0) is 0 Å². The largest absolute Gasteiger partial charge is 0.497 e. The highest BCUT2D eigenvalue weighted by molar-refractivity contribution is 9.10. The van der Waals surface area contributed by atoms with E-state index in [9.17, 15) is 5.11 Å². The number of aryl methyl sites for hydroxylation is 1. The maximum atomic E-state index is 10.6. The van der Waals surface area contributed by atoms with Gasteiger partial charge in [-0.15, -0.1) is 0 Å². The average Bonchev–Trinajstić information content (AvgIpc) is 2.41. The first-order valence-electron chi connectivity index (χ1n) is 6.12. The fraction of sp³-hybridized carbons (Fsp3) is 0.250. The molecule has 0 radical (unpaired) electrons. The molecule has 0 saturated carbocycles. The summed E-state index contributed by atoms with van der Waals surface area (Å²) in [5.74, 6) is 0.767. The highest BCUT2D eigenvalue weighted by atomic mass is 79.9. The fourth-order valence-corrected chi connectivity index (χ4v) is 2.67. The summed E-state index contributed by atoms with van der Waals surface area (Å²) in [4.78, 5) is 0. The third-order valence-electron chi connectivity index (χ3n) is 3.44. The average molecular weight is 321 g/mol. The summed E-state index contributed by atoms with van der Waals surface area (Å²) >= 11 is 3.49. The summed E-state index contributed by atoms with van der Waals surface area (Å²) in [5, 5.41) is 10.6. The van der Waals surface area contributed by atoms with Gasteiger partial charge in [-0.2, -0.15) is 0 Å². The topological polar surface area (TPSA) is 29.5 Å². The van der Waals surface area contributed by atoms with Gasteiger partial charge in [0.1, 0.15) is 11.9 Å². The van der Waals surface area contributed by atoms with E-state index >= 15 is 0 Å². The van der Waals surface area contributed by atoms with Gasteiger partial charge in [-0.3, -0.25) is 0 Å². The first kappa shape index (κ1) is 14.1. The van der Waals surface area contributed by atoms with Crippen LogP contribution < -0.4 is 4.74 Å². The summed E-state index contributed by atoms with van der Waals surface area (Å²) < 4.78 is 6.01. The summed E-state index contributed by atoms with van der Waals surface area (Å²) in [6.07, 6.45) is -0.639. The summed E-state index contributed by atoms with van der Waals surface area (Å²) in [6.45, 7) is 4.08. The maximum Gasteiger partial charge on any atom is 0.120 e. The molecule has 3 heteroatoms. The molecule has 2 rings (SSSR count). The Labute approximate surface area is 122 Å². The van der Waals surface area contributed by atoms with E-state index in [1.165, 1.54) is 5.56 Å². The molecular weight excluding hydrogens is 304 g/mol. The lowest BCUT2D eigenvalue weighted by atomic mass is 9.95. The van der Waals surface area contributed by atoms with Crippen molar-refractivity contribution in [2.75, 3.05) is 7.11 Å². The van der Waals surface area contributed by atoms with Gasteiger partial charge in [0, 0.05) is 4.47 Å². The quantitative estimate of drug-likeness (QED) is 0.920. The molecule has 100 valence electrons. The van der Waals surface area contributed by atoms with Crippen molar-refractivity contribution >= 4 is 15.9 Å². The first-order valence-corrected chi connectivity index (χ1v) is 6.91. The van der Waals surface area contributed by atoms with E-state index in [1.54, 1.807) is 7.11 Å². The van der Waals surface area contributed by atoms with E-state index in [0.717, 1.165) is 26.9 Å². The minimum atomic E-state index is -0.639. The molecule has 2 aromatic rings. The molecule has 0 saturated heterocycles. The Hall–Kier alpha value is -1.32. The Bertz CT molecular complexity index is 593. The SMILES string of the molecule is COc1ccc(C(O)c2cccc(C)c2C)c(Br)c1. The Balaban J connectivity index is 2.44. The number of methoxy groups -OCH3 is 1. The second-order valence-corrected chi connectivity index (χ2v) is 5.43. The standard InChI is InChI=1S/C16H17BrO2/c1-10-5-4-6-13(11(10)2)16(18)14-8-7-12(19-3)9-15(14)17/h4-9,16,18H,1-3H3. The maximum absolute atomic E-state index is 10.6. The molecule has 0 aromatic heterocycles. The third-order valence-corrected chi connectivity index (χ3v) is 4.13. The van der Waals surface area contributed by atoms with Gasteiger partial charge in [0.2, 0.25) is 0 Å². The number of hydrogen-bond donors (Lipinski definition) is 1. The molecule has 0 heterocycles. The number of benzene rings is 2. The molecule has 2 nitrogen and oxygen atoms in total. The second kappa shape index (κ2) is 5.76. The molecule has 1 atom stereocenters. The molecular formula is C16H17BrO2. The van der Waals surface area contributed by atoms with Gasteiger partial charge in [0.25, 0.3) is 0 Å². The van der Waals surface area contributed by atoms with Crippen molar-refractivity contribution in [3.05, 3.63) is 63.1 Å². The van der Waals surface area contributed by atoms with Crippen LogP contribution in [0.1, 0.15) is 28.4 Å². The normalized spacial score (nSPS) is 12.3. The van der Waals surface area contributed by atoms with Gasteiger partial charge in [0.15, 0.2) is 0 Å². The monoisotopic (exact) mass is 320 g/mol. The number of aliphatic hydroxyl groups excluding tert-OH is 1. The van der Waals surface area contributed by atoms with Crippen LogP contribution in [0.25, 0.3) is 0 Å². The highest BCUT2D eigenvalue weighted by Crippen LogP contribution is 2.33. The summed E-state index contributed by atoms with van der Waals surface area (Å²) in [5.41, 5.74) is 4.08. The zero-order valence-corrected chi connectivity index (χ0v) is 12.9. The Morgan fingerprint density at radius 2 is 1.84 bits per heavy atom. The minimum absolute atomic E-state index is 0.639. The van der Waals surface area contributed by atoms with Crippen molar-refractivity contribution in [3.63, 3.8) is 0 Å². The zero-order chi connectivity index (χ0) is 14.0. The molecule has 19 heavy (non-hydrogen) atoms. The Morgan fingerprint density at radius 1 is 1.11 bits per heavy atom. The second-order valence-electron chi connectivity index (χ2n) is 4.58. The van der Waals surface area contributed by atoms with Crippen molar-refractivity contribution < 1.29 is 9.84 Å². The summed E-state index contributed by atoms with van der Waals surface area (Å²) in [7, 11) is 1.63. The summed E-state index contributed by atoms with van der Waals surface area (Å²) in [6, 6.07) is 11.6. The van der Waals surface area contributed by atoms with Gasteiger partial charge < -0.3 is 9.84 Å². The lowest BCUT2D eigenvalue weighted by molar-refractivity contribution is 0.218. The first-order chi connectivity index (χ1) is 9.04. The van der Waals surface area contributed by atoms with Crippen LogP contribution in [0.15, 0.2) is 40.9 Å². The fourth-order valence-electron chi connectivity index (χ4n) is 2.09. The smallest absolute Gasteiger partial charge is 0.120 e. The number of hydrogen-bond acceptors (Lipinski definition) is 2. The predicted octanol–water partition coefficient (Wildman–Crippen LogP) is 4.16. The minimum Gasteiger partial charge on any atom is -0.497 e. The van der Waals surface area contributed by atoms with Gasteiger partial charge in [-0.1, -0.05) is 40.2 Å². The van der Waals surface area contributed by atoms with E-state index in [4.69, 9.17) is 4.74 Å². The van der Waals surface area contributed by atoms with E-state index in [2.05, 4.69) is 28.9 Å². The van der Waals surface area contributed by atoms with E-state index in [1.807, 2.05) is 37.3 Å². The molecule has 1 N–H and O–H groups in total. The number of halogens is 1. The molecule has 0 amide bonds. The van der Waals surface area contributed by atoms with Crippen LogP contribution in [0.2, 0.25) is 0 Å². The van der Waals surface area contributed by atoms with Gasteiger partial charge >= 0.3 is 0 Å². The van der Waals surface area contributed by atoms with Crippen molar-refractivity contribution in [2.24, 2.45) is 0 Å². The van der Waals surface area contributed by atoms with Gasteiger partial charge in [-0.05, 0) is 48.2 Å². The molecule has 0 fully saturated rings. The van der Waals surface area contributed by atoms with Crippen LogP contribution in [0.4, 0.5) is 0 Å². The lowest BCUT2D eigenvalue weighted by Crippen LogP contribution is -2.04. The van der Waals surface area contributed by atoms with Crippen molar-refractivity contribution in [1.29, 1.82) is 0 Å². The molecule has 2 aromatic carbocycles. The third kappa shape index (κ3) is 2.82. The van der Waals surface area contributed by atoms with Crippen molar-refractivity contribution in [2.45, 2.75) is 20.0 Å². The van der Waals surface area contributed by atoms with E-state index in [-0.39, 0.29) is 0 Å². The number of aliphatic hydroxyl groups is 1. The highest BCUT2D eigenvalue weighted by Gasteiger charge is 2.16. The van der Waals surface area contributed by atoms with Crippen LogP contribution in [-0.4, -0.2) is 12.2 Å². The van der Waals surface area contributed by atoms with Crippen LogP contribution >= 0.6 is 15.9 Å². The van der Waals surface area contributed by atoms with Crippen LogP contribution in [0.5, 0.6) is 5.75 Å². The molecule has 0 spiro atoms. The van der Waals surface area contributed by atoms with E-state index < -0.39 is 6.10 Å². The molecule has 0 aliphatic heterocycles. The van der Waals surface area contributed by atoms with Crippen LogP contribution in [0.3, 0.4) is 0 Å². The lowest BCUT2D eigenvalue weighted by Gasteiger charge is -2.17. The van der Waals surface area contributed by atoms with E-state index in [0.29, 0.717) is 0 Å². The van der Waals surface area contributed by atoms with Gasteiger partial charge in [-0.25, -0.2) is 0 Å².